The largest absolute Gasteiger partial charge is 0.525 e. The van der Waals surface area contributed by atoms with Gasteiger partial charge in [-0.25, -0.2) is 14.4 Å². The van der Waals surface area contributed by atoms with Crippen LogP contribution in [0.25, 0.3) is 0 Å². The first kappa shape index (κ1) is 15.2. The lowest BCUT2D eigenvalue weighted by Crippen LogP contribution is -2.41. The first-order valence-corrected chi connectivity index (χ1v) is 7.10. The molecule has 3 rings (SSSR count). The summed E-state index contributed by atoms with van der Waals surface area (Å²) < 4.78 is 37.0. The first-order valence-electron chi connectivity index (χ1n) is 7.10. The van der Waals surface area contributed by atoms with Gasteiger partial charge in [-0.15, -0.1) is 0 Å². The Balaban J connectivity index is 1.81. The highest BCUT2D eigenvalue weighted by molar-refractivity contribution is 6.53. The number of nitrogens with zero attached hydrogens (tertiary/aromatic N) is 2. The summed E-state index contributed by atoms with van der Waals surface area (Å²) in [7, 11) is -1.06. The molecule has 0 N–H and O–H groups in total. The van der Waals surface area contributed by atoms with Crippen molar-refractivity contribution in [1.82, 2.24) is 9.97 Å². The Morgan fingerprint density at radius 1 is 1.00 bits per heavy atom. The molecule has 0 radical (unpaired) electrons. The van der Waals surface area contributed by atoms with E-state index in [-0.39, 0.29) is 25.0 Å². The topological polar surface area (TPSA) is 62.7 Å². The molecule has 0 atom stereocenters. The summed E-state index contributed by atoms with van der Waals surface area (Å²) in [6.07, 6.45) is 2.98. The van der Waals surface area contributed by atoms with Gasteiger partial charge < -0.3 is 18.8 Å². The van der Waals surface area contributed by atoms with Crippen molar-refractivity contribution in [3.63, 3.8) is 0 Å². The summed E-state index contributed by atoms with van der Waals surface area (Å²) in [5.41, 5.74) is -1.41. The van der Waals surface area contributed by atoms with Gasteiger partial charge in [-0.1, -0.05) is 0 Å². The summed E-state index contributed by atoms with van der Waals surface area (Å²) in [4.78, 5) is 8.00. The zero-order valence-electron chi connectivity index (χ0n) is 13.1. The van der Waals surface area contributed by atoms with E-state index < -0.39 is 24.0 Å². The highest BCUT2D eigenvalue weighted by Crippen LogP contribution is 2.39. The van der Waals surface area contributed by atoms with Gasteiger partial charge in [-0.2, -0.15) is 0 Å². The van der Waals surface area contributed by atoms with Crippen molar-refractivity contribution in [2.45, 2.75) is 38.9 Å². The fourth-order valence-electron chi connectivity index (χ4n) is 2.11. The molecule has 3 heterocycles. The highest BCUT2D eigenvalue weighted by atomic mass is 19.1. The van der Waals surface area contributed by atoms with E-state index in [2.05, 4.69) is 9.97 Å². The molecule has 0 bridgehead atoms. The molecule has 1 aromatic rings. The summed E-state index contributed by atoms with van der Waals surface area (Å²) in [6.45, 7) is 7.51. The van der Waals surface area contributed by atoms with Crippen LogP contribution in [0.1, 0.15) is 27.7 Å². The van der Waals surface area contributed by atoms with Crippen molar-refractivity contribution in [2.75, 3.05) is 13.2 Å². The van der Waals surface area contributed by atoms with Crippen LogP contribution in [-0.2, 0) is 9.31 Å². The lowest BCUT2D eigenvalue weighted by atomic mass is 9.85. The number of aromatic nitrogens is 2. The maximum Gasteiger partial charge on any atom is 0.525 e. The van der Waals surface area contributed by atoms with Gasteiger partial charge in [0.15, 0.2) is 0 Å². The predicted molar refractivity (Wildman–Crippen MR) is 77.2 cm³/mol. The molecule has 0 saturated carbocycles. The molecular weight excluding hydrogens is 290 g/mol. The van der Waals surface area contributed by atoms with Crippen LogP contribution in [0.15, 0.2) is 23.7 Å². The quantitative estimate of drug-likeness (QED) is 0.740. The second kappa shape index (κ2) is 5.21. The fourth-order valence-corrected chi connectivity index (χ4v) is 2.11. The molecule has 2 aliphatic rings. The molecule has 6 nitrogen and oxygen atoms in total. The number of hydrogen-bond donors (Lipinski definition) is 0. The molecule has 0 spiro atoms. The first-order chi connectivity index (χ1) is 10.3. The van der Waals surface area contributed by atoms with Crippen molar-refractivity contribution in [1.29, 1.82) is 0 Å². The zero-order valence-corrected chi connectivity index (χ0v) is 13.1. The monoisotopic (exact) mass is 308 g/mol. The van der Waals surface area contributed by atoms with Gasteiger partial charge in [0.1, 0.15) is 18.9 Å². The Bertz CT molecular complexity index is 576. The Hall–Kier alpha value is -1.67. The summed E-state index contributed by atoms with van der Waals surface area (Å²) in [6, 6.07) is 0. The third-order valence-electron chi connectivity index (χ3n) is 4.20. The average Bonchev–Trinajstić information content (AvgIpc) is 2.63. The third-order valence-corrected chi connectivity index (χ3v) is 4.20. The minimum absolute atomic E-state index is 0.0155. The predicted octanol–water partition coefficient (Wildman–Crippen LogP) is 2.10. The van der Waals surface area contributed by atoms with Gasteiger partial charge in [0.25, 0.3) is 11.8 Å². The minimum atomic E-state index is -1.06. The Morgan fingerprint density at radius 2 is 1.45 bits per heavy atom. The SMILES string of the molecule is CC1(C)OB(C(F)=C2COc3nccnc3OC2)OC1(C)C. The van der Waals surface area contributed by atoms with Crippen molar-refractivity contribution < 1.29 is 23.2 Å². The molecule has 0 amide bonds. The van der Waals surface area contributed by atoms with Gasteiger partial charge in [0.05, 0.1) is 11.2 Å². The van der Waals surface area contributed by atoms with Crippen LogP contribution in [-0.4, -0.2) is 41.5 Å². The number of ether oxygens (including phenoxy) is 2. The lowest BCUT2D eigenvalue weighted by Gasteiger charge is -2.32. The normalized spacial score (nSPS) is 22.4. The van der Waals surface area contributed by atoms with Gasteiger partial charge in [-0.05, 0) is 27.7 Å². The molecule has 8 heteroatoms. The number of hydrogen-bond acceptors (Lipinski definition) is 6. The molecule has 118 valence electrons. The van der Waals surface area contributed by atoms with E-state index in [0.717, 1.165) is 0 Å². The van der Waals surface area contributed by atoms with E-state index in [1.54, 1.807) is 0 Å². The highest BCUT2D eigenvalue weighted by Gasteiger charge is 2.53. The smallest absolute Gasteiger partial charge is 0.469 e. The summed E-state index contributed by atoms with van der Waals surface area (Å²) in [5.74, 6) is 0.499. The van der Waals surface area contributed by atoms with Crippen LogP contribution in [0.5, 0.6) is 11.8 Å². The van der Waals surface area contributed by atoms with Crippen LogP contribution in [0, 0.1) is 0 Å². The molecule has 0 aliphatic carbocycles. The van der Waals surface area contributed by atoms with Crippen molar-refractivity contribution >= 4 is 7.12 Å². The number of halogens is 1. The van der Waals surface area contributed by atoms with Crippen LogP contribution < -0.4 is 9.47 Å². The second-order valence-corrected chi connectivity index (χ2v) is 6.28. The van der Waals surface area contributed by atoms with E-state index in [1.165, 1.54) is 12.4 Å². The molecule has 0 aromatic carbocycles. The van der Waals surface area contributed by atoms with E-state index in [4.69, 9.17) is 18.8 Å². The van der Waals surface area contributed by atoms with E-state index in [9.17, 15) is 4.39 Å². The third kappa shape index (κ3) is 2.57. The van der Waals surface area contributed by atoms with Crippen molar-refractivity contribution in [3.8, 4) is 11.8 Å². The molecule has 22 heavy (non-hydrogen) atoms. The van der Waals surface area contributed by atoms with Crippen LogP contribution in [0.3, 0.4) is 0 Å². The molecule has 1 fully saturated rings. The maximum absolute atomic E-state index is 14.7. The maximum atomic E-state index is 14.7. The summed E-state index contributed by atoms with van der Waals surface area (Å²) in [5, 5.41) is 0. The van der Waals surface area contributed by atoms with Crippen molar-refractivity contribution in [2.24, 2.45) is 0 Å². The Labute approximate surface area is 128 Å². The lowest BCUT2D eigenvalue weighted by molar-refractivity contribution is 0.00578. The second-order valence-electron chi connectivity index (χ2n) is 6.28. The van der Waals surface area contributed by atoms with Crippen molar-refractivity contribution in [3.05, 3.63) is 23.7 Å². The minimum Gasteiger partial charge on any atom is -0.469 e. The van der Waals surface area contributed by atoms with E-state index in [0.29, 0.717) is 5.57 Å². The van der Waals surface area contributed by atoms with Gasteiger partial charge >= 0.3 is 7.12 Å². The number of fused-ring (bicyclic) bond motifs is 1. The molecule has 0 unspecified atom stereocenters. The fraction of sp³-hybridized carbons (Fsp3) is 0.571. The molecule has 2 aliphatic heterocycles. The Kier molecular flexibility index (Phi) is 3.61. The van der Waals surface area contributed by atoms with E-state index in [1.807, 2.05) is 27.7 Å². The van der Waals surface area contributed by atoms with Gasteiger partial charge in [-0.3, -0.25) is 0 Å². The van der Waals surface area contributed by atoms with E-state index >= 15 is 0 Å². The Morgan fingerprint density at radius 3 is 1.91 bits per heavy atom. The number of rotatable bonds is 1. The van der Waals surface area contributed by atoms with Crippen LogP contribution >= 0.6 is 0 Å². The molecular formula is C14H18BFN2O4. The summed E-state index contributed by atoms with van der Waals surface area (Å²) >= 11 is 0. The zero-order chi connectivity index (χ0) is 16.0. The average molecular weight is 308 g/mol. The van der Waals surface area contributed by atoms with Crippen LogP contribution in [0.2, 0.25) is 0 Å². The van der Waals surface area contributed by atoms with Crippen LogP contribution in [0.4, 0.5) is 4.39 Å². The standard InChI is InChI=1S/C14H18BFN2O4/c1-13(2)14(3,4)22-15(21-13)10(16)9-7-19-11-12(20-8-9)18-6-5-17-11/h5-6H,7-8H2,1-4H3. The van der Waals surface area contributed by atoms with Gasteiger partial charge in [0.2, 0.25) is 0 Å². The molecule has 1 saturated heterocycles. The van der Waals surface area contributed by atoms with Gasteiger partial charge in [0, 0.05) is 18.0 Å². The molecule has 1 aromatic heterocycles.